The SMILES string of the molecule is COCCN1C(=O)C(C)NC1C. The quantitative estimate of drug-likeness (QED) is 0.641. The van der Waals surface area contributed by atoms with E-state index in [0.29, 0.717) is 13.2 Å². The maximum atomic E-state index is 11.4. The average molecular weight is 172 g/mol. The van der Waals surface area contributed by atoms with Crippen LogP contribution in [-0.4, -0.2) is 43.3 Å². The van der Waals surface area contributed by atoms with E-state index in [9.17, 15) is 4.79 Å². The van der Waals surface area contributed by atoms with E-state index in [4.69, 9.17) is 4.74 Å². The highest BCUT2D eigenvalue weighted by Crippen LogP contribution is 2.08. The van der Waals surface area contributed by atoms with Gasteiger partial charge in [0.05, 0.1) is 18.8 Å². The summed E-state index contributed by atoms with van der Waals surface area (Å²) < 4.78 is 4.91. The summed E-state index contributed by atoms with van der Waals surface area (Å²) >= 11 is 0. The summed E-state index contributed by atoms with van der Waals surface area (Å²) in [6.45, 7) is 5.14. The van der Waals surface area contributed by atoms with E-state index in [0.717, 1.165) is 0 Å². The van der Waals surface area contributed by atoms with Crippen LogP contribution in [0.25, 0.3) is 0 Å². The van der Waals surface area contributed by atoms with Crippen molar-refractivity contribution in [2.75, 3.05) is 20.3 Å². The molecule has 1 heterocycles. The Kier molecular flexibility index (Phi) is 3.05. The number of carbonyl (C=O) groups is 1. The second-order valence-electron chi connectivity index (χ2n) is 3.09. The molecule has 2 unspecified atom stereocenters. The van der Waals surface area contributed by atoms with Gasteiger partial charge in [0.1, 0.15) is 0 Å². The van der Waals surface area contributed by atoms with Crippen molar-refractivity contribution in [2.45, 2.75) is 26.1 Å². The van der Waals surface area contributed by atoms with Gasteiger partial charge in [-0.25, -0.2) is 0 Å². The first kappa shape index (κ1) is 9.48. The minimum atomic E-state index is -0.0446. The van der Waals surface area contributed by atoms with Gasteiger partial charge in [-0.1, -0.05) is 0 Å². The Balaban J connectivity index is 2.46. The summed E-state index contributed by atoms with van der Waals surface area (Å²) in [5, 5.41) is 3.15. The van der Waals surface area contributed by atoms with Crippen LogP contribution in [0.15, 0.2) is 0 Å². The molecule has 70 valence electrons. The number of rotatable bonds is 3. The molecule has 4 nitrogen and oxygen atoms in total. The summed E-state index contributed by atoms with van der Waals surface area (Å²) in [6.07, 6.45) is 0.141. The molecule has 0 aromatic carbocycles. The standard InChI is InChI=1S/C8H16N2O2/c1-6-8(11)10(4-5-12-3)7(2)9-6/h6-7,9H,4-5H2,1-3H3. The van der Waals surface area contributed by atoms with Crippen LogP contribution in [0.4, 0.5) is 0 Å². The minimum Gasteiger partial charge on any atom is -0.383 e. The predicted molar refractivity (Wildman–Crippen MR) is 45.6 cm³/mol. The highest BCUT2D eigenvalue weighted by molar-refractivity contribution is 5.83. The molecule has 1 saturated heterocycles. The van der Waals surface area contributed by atoms with Crippen molar-refractivity contribution in [2.24, 2.45) is 0 Å². The van der Waals surface area contributed by atoms with Gasteiger partial charge in [-0.3, -0.25) is 10.1 Å². The third kappa shape index (κ3) is 1.76. The van der Waals surface area contributed by atoms with Crippen LogP contribution in [0, 0.1) is 0 Å². The molecule has 0 radical (unpaired) electrons. The number of ether oxygens (including phenoxy) is 1. The molecule has 2 atom stereocenters. The van der Waals surface area contributed by atoms with Gasteiger partial charge in [0.15, 0.2) is 0 Å². The second-order valence-corrected chi connectivity index (χ2v) is 3.09. The number of amides is 1. The molecule has 0 aliphatic carbocycles. The summed E-state index contributed by atoms with van der Waals surface area (Å²) in [4.78, 5) is 13.2. The van der Waals surface area contributed by atoms with Crippen LogP contribution in [0.5, 0.6) is 0 Å². The minimum absolute atomic E-state index is 0.0446. The van der Waals surface area contributed by atoms with Crippen molar-refractivity contribution < 1.29 is 9.53 Å². The van der Waals surface area contributed by atoms with Crippen LogP contribution < -0.4 is 5.32 Å². The third-order valence-electron chi connectivity index (χ3n) is 2.15. The van der Waals surface area contributed by atoms with E-state index < -0.39 is 0 Å². The Labute approximate surface area is 72.9 Å². The molecule has 0 aromatic rings. The smallest absolute Gasteiger partial charge is 0.240 e. The lowest BCUT2D eigenvalue weighted by molar-refractivity contribution is -0.130. The molecule has 0 spiro atoms. The first-order valence-electron chi connectivity index (χ1n) is 4.22. The van der Waals surface area contributed by atoms with Crippen LogP contribution in [0.1, 0.15) is 13.8 Å². The number of carbonyl (C=O) groups excluding carboxylic acids is 1. The van der Waals surface area contributed by atoms with Crippen molar-refractivity contribution >= 4 is 5.91 Å². The zero-order valence-corrected chi connectivity index (χ0v) is 7.83. The number of nitrogens with zero attached hydrogens (tertiary/aromatic N) is 1. The lowest BCUT2D eigenvalue weighted by Gasteiger charge is -2.19. The predicted octanol–water partition coefficient (Wildman–Crippen LogP) is -0.201. The molecule has 1 fully saturated rings. The number of nitrogens with one attached hydrogen (secondary N) is 1. The van der Waals surface area contributed by atoms with E-state index in [1.807, 2.05) is 13.8 Å². The monoisotopic (exact) mass is 172 g/mol. The number of hydrogen-bond donors (Lipinski definition) is 1. The zero-order valence-electron chi connectivity index (χ0n) is 7.83. The highest BCUT2D eigenvalue weighted by Gasteiger charge is 2.32. The van der Waals surface area contributed by atoms with Gasteiger partial charge < -0.3 is 9.64 Å². The van der Waals surface area contributed by atoms with Gasteiger partial charge in [0.2, 0.25) is 5.91 Å². The molecule has 12 heavy (non-hydrogen) atoms. The van der Waals surface area contributed by atoms with Crippen molar-refractivity contribution in [3.05, 3.63) is 0 Å². The number of methoxy groups -OCH3 is 1. The molecule has 1 aliphatic rings. The van der Waals surface area contributed by atoms with Gasteiger partial charge in [-0.2, -0.15) is 0 Å². The van der Waals surface area contributed by atoms with E-state index in [1.54, 1.807) is 12.0 Å². The van der Waals surface area contributed by atoms with Gasteiger partial charge in [-0.15, -0.1) is 0 Å². The molecule has 1 amide bonds. The summed E-state index contributed by atoms with van der Waals surface area (Å²) in [5.74, 6) is 0.166. The van der Waals surface area contributed by atoms with Gasteiger partial charge >= 0.3 is 0 Å². The molecular weight excluding hydrogens is 156 g/mol. The molecular formula is C8H16N2O2. The number of hydrogen-bond acceptors (Lipinski definition) is 3. The maximum Gasteiger partial charge on any atom is 0.240 e. The Bertz CT molecular complexity index is 172. The summed E-state index contributed by atoms with van der Waals surface area (Å²) in [7, 11) is 1.64. The molecule has 0 saturated carbocycles. The van der Waals surface area contributed by atoms with Crippen molar-refractivity contribution in [1.82, 2.24) is 10.2 Å². The van der Waals surface area contributed by atoms with Crippen LogP contribution >= 0.6 is 0 Å². The molecule has 4 heteroatoms. The molecule has 1 aliphatic heterocycles. The van der Waals surface area contributed by atoms with Crippen molar-refractivity contribution in [1.29, 1.82) is 0 Å². The molecule has 0 aromatic heterocycles. The van der Waals surface area contributed by atoms with Crippen molar-refractivity contribution in [3.8, 4) is 0 Å². The van der Waals surface area contributed by atoms with E-state index in [-0.39, 0.29) is 18.1 Å². The fourth-order valence-corrected chi connectivity index (χ4v) is 1.46. The van der Waals surface area contributed by atoms with Gasteiger partial charge in [-0.05, 0) is 13.8 Å². The Hall–Kier alpha value is -0.610. The lowest BCUT2D eigenvalue weighted by atomic mass is 10.3. The Morgan fingerprint density at radius 2 is 2.25 bits per heavy atom. The van der Waals surface area contributed by atoms with Crippen LogP contribution in [0.3, 0.4) is 0 Å². The second kappa shape index (κ2) is 3.87. The van der Waals surface area contributed by atoms with Crippen molar-refractivity contribution in [3.63, 3.8) is 0 Å². The van der Waals surface area contributed by atoms with Crippen LogP contribution in [0.2, 0.25) is 0 Å². The van der Waals surface area contributed by atoms with E-state index >= 15 is 0 Å². The normalized spacial score (nSPS) is 29.9. The Morgan fingerprint density at radius 3 is 2.67 bits per heavy atom. The molecule has 0 bridgehead atoms. The largest absolute Gasteiger partial charge is 0.383 e. The van der Waals surface area contributed by atoms with E-state index in [1.165, 1.54) is 0 Å². The average Bonchev–Trinajstić information content (AvgIpc) is 2.25. The highest BCUT2D eigenvalue weighted by atomic mass is 16.5. The first-order valence-corrected chi connectivity index (χ1v) is 4.22. The van der Waals surface area contributed by atoms with Gasteiger partial charge in [0.25, 0.3) is 0 Å². The third-order valence-corrected chi connectivity index (χ3v) is 2.15. The summed E-state index contributed by atoms with van der Waals surface area (Å²) in [6, 6.07) is -0.0446. The fraction of sp³-hybridized carbons (Fsp3) is 0.875. The van der Waals surface area contributed by atoms with E-state index in [2.05, 4.69) is 5.32 Å². The molecule has 1 rings (SSSR count). The van der Waals surface area contributed by atoms with Crippen LogP contribution in [-0.2, 0) is 9.53 Å². The fourth-order valence-electron chi connectivity index (χ4n) is 1.46. The first-order chi connectivity index (χ1) is 5.66. The molecule has 1 N–H and O–H groups in total. The lowest BCUT2D eigenvalue weighted by Crippen LogP contribution is -2.37. The maximum absolute atomic E-state index is 11.4. The topological polar surface area (TPSA) is 41.6 Å². The summed E-state index contributed by atoms with van der Waals surface area (Å²) in [5.41, 5.74) is 0. The zero-order chi connectivity index (χ0) is 9.14. The van der Waals surface area contributed by atoms with Gasteiger partial charge in [0, 0.05) is 13.7 Å². The Morgan fingerprint density at radius 1 is 1.58 bits per heavy atom.